The van der Waals surface area contributed by atoms with Gasteiger partial charge >= 0.3 is 12.1 Å². The van der Waals surface area contributed by atoms with Crippen molar-refractivity contribution < 1.29 is 27.8 Å². The second kappa shape index (κ2) is 7.61. The standard InChI is InChI=1S/C12H21F3O3/c1-11(2,10(16)17)6-3-4-8-18-9-5-7-12(13,14)15/h3-9H2,1-2H3,(H,16,17). The van der Waals surface area contributed by atoms with E-state index in [-0.39, 0.29) is 13.0 Å². The molecule has 0 unspecified atom stereocenters. The summed E-state index contributed by atoms with van der Waals surface area (Å²) in [5.41, 5.74) is -0.754. The van der Waals surface area contributed by atoms with E-state index in [9.17, 15) is 18.0 Å². The van der Waals surface area contributed by atoms with E-state index >= 15 is 0 Å². The van der Waals surface area contributed by atoms with Crippen LogP contribution in [-0.4, -0.2) is 30.5 Å². The minimum atomic E-state index is -4.12. The van der Waals surface area contributed by atoms with Crippen molar-refractivity contribution in [3.05, 3.63) is 0 Å². The van der Waals surface area contributed by atoms with Crippen LogP contribution in [0, 0.1) is 5.41 Å². The van der Waals surface area contributed by atoms with Gasteiger partial charge in [0.2, 0.25) is 0 Å². The molecule has 0 saturated carbocycles. The van der Waals surface area contributed by atoms with E-state index in [1.165, 1.54) is 0 Å². The first kappa shape index (κ1) is 17.2. The molecule has 0 spiro atoms. The number of alkyl halides is 3. The molecule has 0 rings (SSSR count). The van der Waals surface area contributed by atoms with Crippen molar-refractivity contribution in [2.45, 2.75) is 52.1 Å². The van der Waals surface area contributed by atoms with Crippen molar-refractivity contribution in [3.8, 4) is 0 Å². The maximum atomic E-state index is 11.8. The molecule has 0 aliphatic heterocycles. The van der Waals surface area contributed by atoms with Gasteiger partial charge in [-0.15, -0.1) is 0 Å². The number of carboxylic acids is 1. The average Bonchev–Trinajstić information content (AvgIpc) is 2.20. The second-order valence-electron chi connectivity index (χ2n) is 4.98. The number of rotatable bonds is 9. The number of hydrogen-bond donors (Lipinski definition) is 1. The molecule has 0 radical (unpaired) electrons. The van der Waals surface area contributed by atoms with Crippen LogP contribution < -0.4 is 0 Å². The summed E-state index contributed by atoms with van der Waals surface area (Å²) < 4.78 is 40.4. The first-order valence-corrected chi connectivity index (χ1v) is 6.03. The monoisotopic (exact) mass is 270 g/mol. The normalized spacial score (nSPS) is 12.7. The number of aliphatic carboxylic acids is 1. The van der Waals surface area contributed by atoms with Gasteiger partial charge in [-0.2, -0.15) is 13.2 Å². The first-order chi connectivity index (χ1) is 8.15. The summed E-state index contributed by atoms with van der Waals surface area (Å²) in [4.78, 5) is 10.8. The van der Waals surface area contributed by atoms with E-state index in [4.69, 9.17) is 9.84 Å². The zero-order valence-corrected chi connectivity index (χ0v) is 10.8. The van der Waals surface area contributed by atoms with Crippen LogP contribution >= 0.6 is 0 Å². The fraction of sp³-hybridized carbons (Fsp3) is 0.917. The number of hydrogen-bond acceptors (Lipinski definition) is 2. The van der Waals surface area contributed by atoms with Crippen LogP contribution in [0.25, 0.3) is 0 Å². The Morgan fingerprint density at radius 1 is 1.06 bits per heavy atom. The van der Waals surface area contributed by atoms with Gasteiger partial charge in [-0.3, -0.25) is 4.79 Å². The maximum absolute atomic E-state index is 11.8. The van der Waals surface area contributed by atoms with Crippen LogP contribution in [0.2, 0.25) is 0 Å². The highest BCUT2D eigenvalue weighted by molar-refractivity contribution is 5.73. The Balaban J connectivity index is 3.40. The maximum Gasteiger partial charge on any atom is 0.389 e. The molecule has 0 atom stereocenters. The van der Waals surface area contributed by atoms with Crippen LogP contribution in [0.3, 0.4) is 0 Å². The molecule has 108 valence electrons. The van der Waals surface area contributed by atoms with Gasteiger partial charge < -0.3 is 9.84 Å². The van der Waals surface area contributed by atoms with E-state index in [0.29, 0.717) is 25.9 Å². The Kier molecular flexibility index (Phi) is 7.28. The molecule has 0 fully saturated rings. The van der Waals surface area contributed by atoms with Crippen LogP contribution in [-0.2, 0) is 9.53 Å². The highest BCUT2D eigenvalue weighted by Gasteiger charge is 2.26. The molecule has 6 heteroatoms. The number of unbranched alkanes of at least 4 members (excludes halogenated alkanes) is 1. The third kappa shape index (κ3) is 9.27. The lowest BCUT2D eigenvalue weighted by Gasteiger charge is -2.18. The third-order valence-electron chi connectivity index (χ3n) is 2.67. The SMILES string of the molecule is CC(C)(CCCCOCCCC(F)(F)F)C(=O)O. The summed E-state index contributed by atoms with van der Waals surface area (Å²) >= 11 is 0. The van der Waals surface area contributed by atoms with Crippen LogP contribution in [0.4, 0.5) is 13.2 Å². The molecule has 18 heavy (non-hydrogen) atoms. The Bertz CT molecular complexity index is 249. The summed E-state index contributed by atoms with van der Waals surface area (Å²) in [6.07, 6.45) is -3.06. The van der Waals surface area contributed by atoms with Gasteiger partial charge in [-0.25, -0.2) is 0 Å². The van der Waals surface area contributed by atoms with Crippen LogP contribution in [0.5, 0.6) is 0 Å². The minimum absolute atomic E-state index is 0.0237. The van der Waals surface area contributed by atoms with Gasteiger partial charge in [0.05, 0.1) is 5.41 Å². The Hall–Kier alpha value is -0.780. The smallest absolute Gasteiger partial charge is 0.389 e. The Labute approximate surface area is 105 Å². The lowest BCUT2D eigenvalue weighted by molar-refractivity contribution is -0.147. The molecular formula is C12H21F3O3. The number of carboxylic acid groups (broad SMARTS) is 1. The lowest BCUT2D eigenvalue weighted by atomic mass is 9.87. The first-order valence-electron chi connectivity index (χ1n) is 6.03. The Morgan fingerprint density at radius 3 is 2.11 bits per heavy atom. The van der Waals surface area contributed by atoms with E-state index in [1.54, 1.807) is 13.8 Å². The van der Waals surface area contributed by atoms with E-state index in [1.807, 2.05) is 0 Å². The van der Waals surface area contributed by atoms with E-state index in [2.05, 4.69) is 0 Å². The minimum Gasteiger partial charge on any atom is -0.481 e. The van der Waals surface area contributed by atoms with Crippen molar-refractivity contribution in [3.63, 3.8) is 0 Å². The molecule has 0 aliphatic carbocycles. The fourth-order valence-electron chi connectivity index (χ4n) is 1.35. The summed E-state index contributed by atoms with van der Waals surface area (Å²) in [5, 5.41) is 8.85. The predicted molar refractivity (Wildman–Crippen MR) is 61.4 cm³/mol. The zero-order chi connectivity index (χ0) is 14.2. The molecule has 0 bridgehead atoms. The summed E-state index contributed by atoms with van der Waals surface area (Å²) in [7, 11) is 0. The van der Waals surface area contributed by atoms with Crippen LogP contribution in [0.1, 0.15) is 46.0 Å². The van der Waals surface area contributed by atoms with Crippen molar-refractivity contribution in [1.82, 2.24) is 0 Å². The third-order valence-corrected chi connectivity index (χ3v) is 2.67. The molecule has 3 nitrogen and oxygen atoms in total. The van der Waals surface area contributed by atoms with Gasteiger partial charge in [0.15, 0.2) is 0 Å². The van der Waals surface area contributed by atoms with Gasteiger partial charge in [-0.05, 0) is 33.1 Å². The van der Waals surface area contributed by atoms with E-state index < -0.39 is 24.0 Å². The molecule has 0 saturated heterocycles. The number of halogens is 3. The largest absolute Gasteiger partial charge is 0.481 e. The fourth-order valence-corrected chi connectivity index (χ4v) is 1.35. The van der Waals surface area contributed by atoms with Gasteiger partial charge in [0.25, 0.3) is 0 Å². The van der Waals surface area contributed by atoms with Crippen molar-refractivity contribution in [2.24, 2.45) is 5.41 Å². The molecule has 0 aromatic carbocycles. The highest BCUT2D eigenvalue weighted by atomic mass is 19.4. The highest BCUT2D eigenvalue weighted by Crippen LogP contribution is 2.23. The van der Waals surface area contributed by atoms with Gasteiger partial charge in [-0.1, -0.05) is 6.42 Å². The quantitative estimate of drug-likeness (QED) is 0.651. The summed E-state index contributed by atoms with van der Waals surface area (Å²) in [6.45, 7) is 3.79. The average molecular weight is 270 g/mol. The number of ether oxygens (including phenoxy) is 1. The zero-order valence-electron chi connectivity index (χ0n) is 10.8. The van der Waals surface area contributed by atoms with Crippen molar-refractivity contribution in [1.29, 1.82) is 0 Å². The van der Waals surface area contributed by atoms with E-state index in [0.717, 1.165) is 0 Å². The predicted octanol–water partition coefficient (Wildman–Crippen LogP) is 3.63. The molecule has 0 aromatic heterocycles. The van der Waals surface area contributed by atoms with Crippen molar-refractivity contribution >= 4 is 5.97 Å². The van der Waals surface area contributed by atoms with Crippen molar-refractivity contribution in [2.75, 3.05) is 13.2 Å². The molecule has 0 aromatic rings. The second-order valence-corrected chi connectivity index (χ2v) is 4.98. The number of carbonyl (C=O) groups is 1. The van der Waals surface area contributed by atoms with Gasteiger partial charge in [0.1, 0.15) is 0 Å². The topological polar surface area (TPSA) is 46.5 Å². The molecule has 0 aliphatic rings. The molecular weight excluding hydrogens is 249 g/mol. The lowest BCUT2D eigenvalue weighted by Crippen LogP contribution is -2.23. The Morgan fingerprint density at radius 2 is 1.61 bits per heavy atom. The summed E-state index contributed by atoms with van der Waals surface area (Å²) in [5.74, 6) is -0.839. The van der Waals surface area contributed by atoms with Crippen LogP contribution in [0.15, 0.2) is 0 Å². The molecule has 0 heterocycles. The summed E-state index contributed by atoms with van der Waals surface area (Å²) in [6, 6.07) is 0. The molecule has 1 N–H and O–H groups in total. The van der Waals surface area contributed by atoms with Gasteiger partial charge in [0, 0.05) is 19.6 Å². The molecule has 0 amide bonds.